The fraction of sp³-hybridized carbons (Fsp3) is 0.588. The maximum Gasteiger partial charge on any atom is 0.239 e. The molecule has 1 amide bonds. The van der Waals surface area contributed by atoms with Crippen LogP contribution in [-0.2, 0) is 4.79 Å². The van der Waals surface area contributed by atoms with Gasteiger partial charge in [-0.2, -0.15) is 0 Å². The number of rotatable bonds is 8. The van der Waals surface area contributed by atoms with Gasteiger partial charge in [0, 0.05) is 38.3 Å². The number of amides is 1. The van der Waals surface area contributed by atoms with Gasteiger partial charge in [-0.3, -0.25) is 4.79 Å². The average molecular weight is 375 g/mol. The van der Waals surface area contributed by atoms with Gasteiger partial charge in [0.25, 0.3) is 0 Å². The zero-order chi connectivity index (χ0) is 17.5. The smallest absolute Gasteiger partial charge is 0.239 e. The van der Waals surface area contributed by atoms with E-state index < -0.39 is 6.10 Å². The largest absolute Gasteiger partial charge is 0.496 e. The summed E-state index contributed by atoms with van der Waals surface area (Å²) in [5.41, 5.74) is 0. The lowest BCUT2D eigenvalue weighted by Gasteiger charge is -2.21. The maximum atomic E-state index is 12.2. The number of aliphatic hydroxyl groups excluding tert-OH is 1. The van der Waals surface area contributed by atoms with Crippen LogP contribution in [-0.4, -0.2) is 69.0 Å². The Morgan fingerprint density at radius 2 is 1.84 bits per heavy atom. The molecule has 0 spiro atoms. The highest BCUT2D eigenvalue weighted by molar-refractivity contribution is 5.85. The van der Waals surface area contributed by atoms with Gasteiger partial charge in [0.05, 0.1) is 33.0 Å². The number of halogens is 1. The normalized spacial score (nSPS) is 19.0. The Bertz CT molecular complexity index is 536. The van der Waals surface area contributed by atoms with Crippen molar-refractivity contribution in [2.45, 2.75) is 25.0 Å². The topological polar surface area (TPSA) is 80.3 Å². The second-order valence-corrected chi connectivity index (χ2v) is 5.86. The number of methoxy groups -OCH3 is 2. The van der Waals surface area contributed by atoms with Gasteiger partial charge < -0.3 is 29.5 Å². The molecule has 1 saturated heterocycles. The van der Waals surface area contributed by atoms with E-state index >= 15 is 0 Å². The van der Waals surface area contributed by atoms with E-state index in [4.69, 9.17) is 14.2 Å². The molecule has 2 rings (SSSR count). The van der Waals surface area contributed by atoms with Crippen molar-refractivity contribution in [3.8, 4) is 17.2 Å². The standard InChI is InChI=1S/C17H26N2O5.ClH/c1-19(17(21)16-7-12(20)11-18-16)5-4-6-24-15-9-13(22-2)8-14(10-15)23-3;/h8-10,12,16,18,20H,4-7,11H2,1-3H3;1H. The monoisotopic (exact) mass is 374 g/mol. The first-order valence-corrected chi connectivity index (χ1v) is 8.05. The molecule has 8 heteroatoms. The number of hydrogen-bond donors (Lipinski definition) is 2. The molecule has 0 aromatic heterocycles. The summed E-state index contributed by atoms with van der Waals surface area (Å²) >= 11 is 0. The summed E-state index contributed by atoms with van der Waals surface area (Å²) in [6.45, 7) is 1.55. The van der Waals surface area contributed by atoms with Crippen molar-refractivity contribution in [2.75, 3.05) is 41.0 Å². The molecule has 1 aliphatic rings. The lowest BCUT2D eigenvalue weighted by molar-refractivity contribution is -0.132. The second-order valence-electron chi connectivity index (χ2n) is 5.86. The van der Waals surface area contributed by atoms with Crippen LogP contribution in [0.3, 0.4) is 0 Å². The molecule has 0 saturated carbocycles. The van der Waals surface area contributed by atoms with Gasteiger partial charge in [-0.1, -0.05) is 0 Å². The number of carbonyl (C=O) groups is 1. The lowest BCUT2D eigenvalue weighted by atomic mass is 10.2. The van der Waals surface area contributed by atoms with Crippen LogP contribution in [0.2, 0.25) is 0 Å². The minimum atomic E-state index is -0.432. The van der Waals surface area contributed by atoms with Crippen LogP contribution in [0.15, 0.2) is 18.2 Å². The number of likely N-dealkylation sites (N-methyl/N-ethyl adjacent to an activating group) is 1. The zero-order valence-electron chi connectivity index (χ0n) is 14.9. The summed E-state index contributed by atoms with van der Waals surface area (Å²) in [6.07, 6.45) is 0.749. The van der Waals surface area contributed by atoms with E-state index in [0.29, 0.717) is 49.8 Å². The summed E-state index contributed by atoms with van der Waals surface area (Å²) in [5, 5.41) is 12.5. The molecule has 0 aliphatic carbocycles. The summed E-state index contributed by atoms with van der Waals surface area (Å²) in [6, 6.07) is 5.08. The summed E-state index contributed by atoms with van der Waals surface area (Å²) in [4.78, 5) is 13.9. The quantitative estimate of drug-likeness (QED) is 0.663. The molecular weight excluding hydrogens is 348 g/mol. The number of carbonyl (C=O) groups excluding carboxylic acids is 1. The molecule has 1 heterocycles. The molecule has 142 valence electrons. The van der Waals surface area contributed by atoms with Crippen molar-refractivity contribution in [3.63, 3.8) is 0 Å². The third-order valence-corrected chi connectivity index (χ3v) is 4.01. The fourth-order valence-corrected chi connectivity index (χ4v) is 2.64. The number of hydrogen-bond acceptors (Lipinski definition) is 6. The Labute approximate surface area is 154 Å². The molecule has 25 heavy (non-hydrogen) atoms. The van der Waals surface area contributed by atoms with Gasteiger partial charge in [0.2, 0.25) is 5.91 Å². The van der Waals surface area contributed by atoms with Crippen LogP contribution in [0.4, 0.5) is 0 Å². The number of benzene rings is 1. The van der Waals surface area contributed by atoms with Crippen LogP contribution in [0.5, 0.6) is 17.2 Å². The third-order valence-electron chi connectivity index (χ3n) is 4.01. The highest BCUT2D eigenvalue weighted by atomic mass is 35.5. The van der Waals surface area contributed by atoms with Crippen LogP contribution >= 0.6 is 12.4 Å². The van der Waals surface area contributed by atoms with E-state index in [-0.39, 0.29) is 24.4 Å². The molecule has 2 atom stereocenters. The van der Waals surface area contributed by atoms with Crippen molar-refractivity contribution in [3.05, 3.63) is 18.2 Å². The van der Waals surface area contributed by atoms with E-state index in [1.54, 1.807) is 44.4 Å². The maximum absolute atomic E-state index is 12.2. The molecule has 2 unspecified atom stereocenters. The first-order valence-electron chi connectivity index (χ1n) is 8.05. The van der Waals surface area contributed by atoms with Crippen LogP contribution < -0.4 is 19.5 Å². The molecule has 7 nitrogen and oxygen atoms in total. The van der Waals surface area contributed by atoms with E-state index in [1.165, 1.54) is 0 Å². The van der Waals surface area contributed by atoms with Gasteiger partial charge in [-0.15, -0.1) is 12.4 Å². The minimum absolute atomic E-state index is 0. The highest BCUT2D eigenvalue weighted by Crippen LogP contribution is 2.27. The average Bonchev–Trinajstić information content (AvgIpc) is 3.03. The molecule has 1 fully saturated rings. The summed E-state index contributed by atoms with van der Waals surface area (Å²) < 4.78 is 16.1. The molecule has 1 aromatic carbocycles. The van der Waals surface area contributed by atoms with E-state index in [9.17, 15) is 9.90 Å². The predicted molar refractivity (Wildman–Crippen MR) is 97.0 cm³/mol. The Hall–Kier alpha value is -1.70. The number of β-amino-alcohol motifs (C(OH)–C–C–N with tert-alkyl or cyclic N) is 1. The first-order chi connectivity index (χ1) is 11.5. The number of ether oxygens (including phenoxy) is 3. The molecule has 0 bridgehead atoms. The summed E-state index contributed by atoms with van der Waals surface area (Å²) in [5.74, 6) is 2.01. The molecule has 0 radical (unpaired) electrons. The van der Waals surface area contributed by atoms with Crippen LogP contribution in [0.1, 0.15) is 12.8 Å². The lowest BCUT2D eigenvalue weighted by Crippen LogP contribution is -2.42. The summed E-state index contributed by atoms with van der Waals surface area (Å²) in [7, 11) is 4.95. The minimum Gasteiger partial charge on any atom is -0.496 e. The van der Waals surface area contributed by atoms with Crippen molar-refractivity contribution in [1.82, 2.24) is 10.2 Å². The zero-order valence-corrected chi connectivity index (χ0v) is 15.7. The SMILES string of the molecule is COc1cc(OC)cc(OCCCN(C)C(=O)C2CC(O)CN2)c1.Cl. The molecule has 1 aliphatic heterocycles. The highest BCUT2D eigenvalue weighted by Gasteiger charge is 2.29. The van der Waals surface area contributed by atoms with Gasteiger partial charge >= 0.3 is 0 Å². The van der Waals surface area contributed by atoms with E-state index in [2.05, 4.69) is 5.32 Å². The number of nitrogens with zero attached hydrogens (tertiary/aromatic N) is 1. The Morgan fingerprint density at radius 3 is 2.36 bits per heavy atom. The Morgan fingerprint density at radius 1 is 1.24 bits per heavy atom. The van der Waals surface area contributed by atoms with E-state index in [0.717, 1.165) is 0 Å². The van der Waals surface area contributed by atoms with Crippen LogP contribution in [0.25, 0.3) is 0 Å². The number of nitrogens with one attached hydrogen (secondary N) is 1. The molecular formula is C17H27ClN2O5. The first kappa shape index (κ1) is 21.3. The van der Waals surface area contributed by atoms with Gasteiger partial charge in [-0.25, -0.2) is 0 Å². The van der Waals surface area contributed by atoms with Crippen molar-refractivity contribution >= 4 is 18.3 Å². The van der Waals surface area contributed by atoms with Crippen LogP contribution in [0, 0.1) is 0 Å². The molecule has 1 aromatic rings. The fourth-order valence-electron chi connectivity index (χ4n) is 2.64. The van der Waals surface area contributed by atoms with Crippen molar-refractivity contribution in [1.29, 1.82) is 0 Å². The van der Waals surface area contributed by atoms with Crippen molar-refractivity contribution < 1.29 is 24.1 Å². The molecule has 2 N–H and O–H groups in total. The number of aliphatic hydroxyl groups is 1. The Kier molecular flexibility index (Phi) is 8.82. The van der Waals surface area contributed by atoms with E-state index in [1.807, 2.05) is 0 Å². The Balaban J connectivity index is 0.00000312. The van der Waals surface area contributed by atoms with Gasteiger partial charge in [0.1, 0.15) is 17.2 Å². The van der Waals surface area contributed by atoms with Gasteiger partial charge in [-0.05, 0) is 12.8 Å². The third kappa shape index (κ3) is 6.26. The van der Waals surface area contributed by atoms with Gasteiger partial charge in [0.15, 0.2) is 0 Å². The predicted octanol–water partition coefficient (Wildman–Crippen LogP) is 1.08. The van der Waals surface area contributed by atoms with Crippen molar-refractivity contribution in [2.24, 2.45) is 0 Å². The second kappa shape index (κ2) is 10.3.